The number of aryl methyl sites for hydroxylation is 1. The van der Waals surface area contributed by atoms with E-state index in [4.69, 9.17) is 4.52 Å². The topological polar surface area (TPSA) is 67.2 Å². The van der Waals surface area contributed by atoms with Gasteiger partial charge in [0.25, 0.3) is 0 Å². The molecule has 15 heavy (non-hydrogen) atoms. The van der Waals surface area contributed by atoms with Crippen LogP contribution >= 0.6 is 0 Å². The molecule has 1 rings (SSSR count). The van der Waals surface area contributed by atoms with E-state index in [1.807, 2.05) is 26.8 Å². The first-order chi connectivity index (χ1) is 7.13. The quantitative estimate of drug-likeness (QED) is 0.748. The van der Waals surface area contributed by atoms with E-state index in [2.05, 4.69) is 15.8 Å². The lowest BCUT2D eigenvalue weighted by molar-refractivity contribution is -0.122. The summed E-state index contributed by atoms with van der Waals surface area (Å²) in [5, 5.41) is 9.55. The monoisotopic (exact) mass is 211 g/mol. The van der Waals surface area contributed by atoms with Crippen molar-refractivity contribution < 1.29 is 9.32 Å². The lowest BCUT2D eigenvalue weighted by Crippen LogP contribution is -2.41. The Balaban J connectivity index is 2.33. The van der Waals surface area contributed by atoms with Gasteiger partial charge in [-0.05, 0) is 20.8 Å². The summed E-state index contributed by atoms with van der Waals surface area (Å²) in [4.78, 5) is 11.3. The molecule has 2 N–H and O–H groups in total. The zero-order valence-electron chi connectivity index (χ0n) is 9.33. The zero-order chi connectivity index (χ0) is 11.3. The third-order valence-corrected chi connectivity index (χ3v) is 2.00. The maximum atomic E-state index is 11.3. The normalized spacial score (nSPS) is 12.5. The summed E-state index contributed by atoms with van der Waals surface area (Å²) in [5.74, 6) is 0.734. The predicted molar refractivity (Wildman–Crippen MR) is 56.2 cm³/mol. The largest absolute Gasteiger partial charge is 0.360 e. The van der Waals surface area contributed by atoms with Crippen molar-refractivity contribution in [3.05, 3.63) is 17.5 Å². The highest BCUT2D eigenvalue weighted by atomic mass is 16.5. The van der Waals surface area contributed by atoms with E-state index in [1.165, 1.54) is 0 Å². The molecule has 0 saturated heterocycles. The third kappa shape index (κ3) is 3.71. The van der Waals surface area contributed by atoms with Gasteiger partial charge in [0.05, 0.1) is 18.3 Å². The van der Waals surface area contributed by atoms with Crippen LogP contribution in [-0.2, 0) is 11.3 Å². The highest BCUT2D eigenvalue weighted by molar-refractivity contribution is 5.81. The van der Waals surface area contributed by atoms with Gasteiger partial charge >= 0.3 is 0 Å². The highest BCUT2D eigenvalue weighted by Gasteiger charge is 2.11. The molecule has 0 aliphatic rings. The van der Waals surface area contributed by atoms with E-state index in [0.29, 0.717) is 13.1 Å². The molecule has 1 aromatic rings. The number of nitrogens with one attached hydrogen (secondary N) is 2. The summed E-state index contributed by atoms with van der Waals surface area (Å²) < 4.78 is 5.01. The van der Waals surface area contributed by atoms with E-state index in [-0.39, 0.29) is 11.9 Å². The zero-order valence-corrected chi connectivity index (χ0v) is 9.33. The minimum absolute atomic E-state index is 0.00580. The average molecular weight is 211 g/mol. The summed E-state index contributed by atoms with van der Waals surface area (Å²) in [6.45, 7) is 6.73. The van der Waals surface area contributed by atoms with Crippen molar-refractivity contribution in [2.45, 2.75) is 33.4 Å². The predicted octanol–water partition coefficient (Wildman–Crippen LogP) is 0.597. The van der Waals surface area contributed by atoms with Gasteiger partial charge in [0.2, 0.25) is 5.91 Å². The molecule has 1 amide bonds. The van der Waals surface area contributed by atoms with Gasteiger partial charge in [0.15, 0.2) is 5.76 Å². The van der Waals surface area contributed by atoms with Gasteiger partial charge in [-0.3, -0.25) is 10.1 Å². The maximum absolute atomic E-state index is 11.3. The van der Waals surface area contributed by atoms with Crippen LogP contribution < -0.4 is 10.6 Å². The summed E-state index contributed by atoms with van der Waals surface area (Å²) in [6.07, 6.45) is 0. The standard InChI is InChI=1S/C10H17N3O2/c1-4-11-10(14)8(3)12-6-9-5-7(2)13-15-9/h5,8,12H,4,6H2,1-3H3,(H,11,14). The Morgan fingerprint density at radius 1 is 1.67 bits per heavy atom. The molecule has 1 atom stereocenters. The van der Waals surface area contributed by atoms with Crippen LogP contribution in [0, 0.1) is 6.92 Å². The number of likely N-dealkylation sites (N-methyl/N-ethyl adjacent to an activating group) is 1. The van der Waals surface area contributed by atoms with Gasteiger partial charge in [-0.25, -0.2) is 0 Å². The Hall–Kier alpha value is -1.36. The van der Waals surface area contributed by atoms with Gasteiger partial charge in [0, 0.05) is 12.6 Å². The van der Waals surface area contributed by atoms with Gasteiger partial charge in [-0.15, -0.1) is 0 Å². The van der Waals surface area contributed by atoms with Crippen molar-refractivity contribution in [1.29, 1.82) is 0 Å². The summed E-state index contributed by atoms with van der Waals surface area (Å²) >= 11 is 0. The lowest BCUT2D eigenvalue weighted by atomic mass is 10.3. The molecular formula is C10H17N3O2. The van der Waals surface area contributed by atoms with E-state index in [0.717, 1.165) is 11.5 Å². The van der Waals surface area contributed by atoms with Crippen molar-refractivity contribution in [3.63, 3.8) is 0 Å². The number of nitrogens with zero attached hydrogens (tertiary/aromatic N) is 1. The van der Waals surface area contributed by atoms with Crippen molar-refractivity contribution >= 4 is 5.91 Å². The van der Waals surface area contributed by atoms with Gasteiger partial charge in [0.1, 0.15) is 0 Å². The Bertz CT molecular complexity index is 322. The minimum atomic E-state index is -0.227. The minimum Gasteiger partial charge on any atom is -0.360 e. The first-order valence-corrected chi connectivity index (χ1v) is 5.06. The van der Waals surface area contributed by atoms with Crippen molar-refractivity contribution in [3.8, 4) is 0 Å². The first kappa shape index (κ1) is 11.7. The third-order valence-electron chi connectivity index (χ3n) is 2.00. The molecule has 0 saturated carbocycles. The van der Waals surface area contributed by atoms with Crippen molar-refractivity contribution in [1.82, 2.24) is 15.8 Å². The molecule has 1 aromatic heterocycles. The molecule has 5 heteroatoms. The van der Waals surface area contributed by atoms with E-state index in [1.54, 1.807) is 0 Å². The molecule has 1 heterocycles. The Morgan fingerprint density at radius 2 is 2.40 bits per heavy atom. The molecular weight excluding hydrogens is 194 g/mol. The van der Waals surface area contributed by atoms with Gasteiger partial charge in [-0.1, -0.05) is 5.16 Å². The molecule has 84 valence electrons. The average Bonchev–Trinajstić information content (AvgIpc) is 2.61. The molecule has 0 bridgehead atoms. The molecule has 0 radical (unpaired) electrons. The second-order valence-corrected chi connectivity index (χ2v) is 3.43. The van der Waals surface area contributed by atoms with Gasteiger partial charge < -0.3 is 9.84 Å². The van der Waals surface area contributed by atoms with Crippen LogP contribution in [-0.4, -0.2) is 23.7 Å². The van der Waals surface area contributed by atoms with Crippen LogP contribution in [0.3, 0.4) is 0 Å². The molecule has 0 aliphatic carbocycles. The number of rotatable bonds is 5. The summed E-state index contributed by atoms with van der Waals surface area (Å²) in [5.41, 5.74) is 0.845. The molecule has 0 aromatic carbocycles. The number of hydrogen-bond donors (Lipinski definition) is 2. The molecule has 0 spiro atoms. The van der Waals surface area contributed by atoms with E-state index >= 15 is 0 Å². The summed E-state index contributed by atoms with van der Waals surface area (Å²) in [6, 6.07) is 1.62. The van der Waals surface area contributed by atoms with Crippen molar-refractivity contribution in [2.24, 2.45) is 0 Å². The van der Waals surface area contributed by atoms with Crippen LogP contribution in [0.25, 0.3) is 0 Å². The van der Waals surface area contributed by atoms with Crippen LogP contribution in [0.15, 0.2) is 10.6 Å². The number of carbonyl (C=O) groups excluding carboxylic acids is 1. The maximum Gasteiger partial charge on any atom is 0.236 e. The van der Waals surface area contributed by atoms with Crippen LogP contribution in [0.4, 0.5) is 0 Å². The fourth-order valence-electron chi connectivity index (χ4n) is 1.17. The Labute approximate surface area is 89.2 Å². The number of hydrogen-bond acceptors (Lipinski definition) is 4. The smallest absolute Gasteiger partial charge is 0.236 e. The van der Waals surface area contributed by atoms with Crippen LogP contribution in [0.1, 0.15) is 25.3 Å². The van der Waals surface area contributed by atoms with Crippen molar-refractivity contribution in [2.75, 3.05) is 6.54 Å². The van der Waals surface area contributed by atoms with Gasteiger partial charge in [-0.2, -0.15) is 0 Å². The SMILES string of the molecule is CCNC(=O)C(C)NCc1cc(C)no1. The fourth-order valence-corrected chi connectivity index (χ4v) is 1.17. The molecule has 0 aliphatic heterocycles. The number of aromatic nitrogens is 1. The molecule has 0 fully saturated rings. The molecule has 1 unspecified atom stereocenters. The van der Waals surface area contributed by atoms with Crippen LogP contribution in [0.5, 0.6) is 0 Å². The van der Waals surface area contributed by atoms with E-state index in [9.17, 15) is 4.79 Å². The Morgan fingerprint density at radius 3 is 2.93 bits per heavy atom. The fraction of sp³-hybridized carbons (Fsp3) is 0.600. The second-order valence-electron chi connectivity index (χ2n) is 3.43. The lowest BCUT2D eigenvalue weighted by Gasteiger charge is -2.11. The number of carbonyl (C=O) groups is 1. The number of amides is 1. The highest BCUT2D eigenvalue weighted by Crippen LogP contribution is 2.01. The summed E-state index contributed by atoms with van der Waals surface area (Å²) in [7, 11) is 0. The molecule has 5 nitrogen and oxygen atoms in total. The van der Waals surface area contributed by atoms with E-state index < -0.39 is 0 Å². The Kier molecular flexibility index (Phi) is 4.30. The van der Waals surface area contributed by atoms with Crippen LogP contribution in [0.2, 0.25) is 0 Å². The first-order valence-electron chi connectivity index (χ1n) is 5.06. The second kappa shape index (κ2) is 5.50.